The van der Waals surface area contributed by atoms with Gasteiger partial charge in [0.1, 0.15) is 0 Å². The summed E-state index contributed by atoms with van der Waals surface area (Å²) < 4.78 is 5.34. The molecule has 18 heavy (non-hydrogen) atoms. The van der Waals surface area contributed by atoms with Crippen LogP contribution >= 0.6 is 22.9 Å². The lowest BCUT2D eigenvalue weighted by molar-refractivity contribution is -0.200. The Labute approximate surface area is 115 Å². The van der Waals surface area contributed by atoms with Crippen molar-refractivity contribution in [3.63, 3.8) is 0 Å². The molecule has 1 N–H and O–H groups in total. The molecule has 1 aromatic rings. The molecule has 1 aromatic heterocycles. The number of amides is 1. The van der Waals surface area contributed by atoms with Crippen LogP contribution < -0.4 is 5.48 Å². The highest BCUT2D eigenvalue weighted by Gasteiger charge is 2.15. The van der Waals surface area contributed by atoms with Gasteiger partial charge in [-0.3, -0.25) is 4.79 Å². The molecule has 2 rings (SSSR count). The van der Waals surface area contributed by atoms with Crippen LogP contribution in [0.4, 0.5) is 0 Å². The molecule has 100 valence electrons. The van der Waals surface area contributed by atoms with Crippen LogP contribution in [0.2, 0.25) is 5.02 Å². The van der Waals surface area contributed by atoms with Gasteiger partial charge in [0.15, 0.2) is 6.29 Å². The maximum atomic E-state index is 11.5. The molecule has 1 saturated heterocycles. The number of carbonyl (C=O) groups excluding carboxylic acids is 1. The maximum Gasteiger partial charge on any atom is 0.243 e. The first kappa shape index (κ1) is 13.8. The van der Waals surface area contributed by atoms with Gasteiger partial charge in [0, 0.05) is 29.7 Å². The molecule has 0 spiro atoms. The van der Waals surface area contributed by atoms with Crippen molar-refractivity contribution in [3.8, 4) is 0 Å². The van der Waals surface area contributed by atoms with Crippen molar-refractivity contribution in [1.82, 2.24) is 5.48 Å². The molecule has 1 aliphatic rings. The van der Waals surface area contributed by atoms with E-state index >= 15 is 0 Å². The van der Waals surface area contributed by atoms with E-state index in [9.17, 15) is 4.79 Å². The van der Waals surface area contributed by atoms with Crippen LogP contribution in [0.5, 0.6) is 0 Å². The van der Waals surface area contributed by atoms with Crippen LogP contribution in [0, 0.1) is 0 Å². The average Bonchev–Trinajstić information content (AvgIpc) is 2.81. The summed E-state index contributed by atoms with van der Waals surface area (Å²) in [7, 11) is 0. The number of hydroxylamine groups is 1. The molecule has 1 atom stereocenters. The van der Waals surface area contributed by atoms with Crippen molar-refractivity contribution in [3.05, 3.63) is 21.3 Å². The van der Waals surface area contributed by atoms with Crippen molar-refractivity contribution in [2.45, 2.75) is 38.4 Å². The summed E-state index contributed by atoms with van der Waals surface area (Å²) in [5.41, 5.74) is 2.44. The first-order chi connectivity index (χ1) is 8.74. The third-order valence-corrected chi connectivity index (χ3v) is 4.01. The highest BCUT2D eigenvalue weighted by Crippen LogP contribution is 2.20. The standard InChI is InChI=1S/C12H16ClNO3S/c13-9-7-10(18-8-9)4-5-11(15)14-17-12-3-1-2-6-16-12/h7-8,12H,1-6H2,(H,14,15). The van der Waals surface area contributed by atoms with Crippen LogP contribution in [0.3, 0.4) is 0 Å². The van der Waals surface area contributed by atoms with Crippen LogP contribution in [0.25, 0.3) is 0 Å². The van der Waals surface area contributed by atoms with Gasteiger partial charge in [-0.05, 0) is 25.3 Å². The van der Waals surface area contributed by atoms with E-state index in [1.54, 1.807) is 11.3 Å². The van der Waals surface area contributed by atoms with Crippen LogP contribution in [-0.4, -0.2) is 18.8 Å². The van der Waals surface area contributed by atoms with E-state index in [1.807, 2.05) is 11.4 Å². The van der Waals surface area contributed by atoms with Gasteiger partial charge >= 0.3 is 0 Å². The van der Waals surface area contributed by atoms with E-state index in [1.165, 1.54) is 0 Å². The number of ether oxygens (including phenoxy) is 1. The second-order valence-corrected chi connectivity index (χ2v) is 5.60. The molecular weight excluding hydrogens is 274 g/mol. The Morgan fingerprint density at radius 3 is 3.17 bits per heavy atom. The quantitative estimate of drug-likeness (QED) is 0.848. The minimum Gasteiger partial charge on any atom is -0.350 e. The molecule has 1 aliphatic heterocycles. The molecule has 1 fully saturated rings. The van der Waals surface area contributed by atoms with Gasteiger partial charge < -0.3 is 4.74 Å². The number of nitrogens with one attached hydrogen (secondary N) is 1. The third-order valence-electron chi connectivity index (χ3n) is 2.66. The average molecular weight is 290 g/mol. The normalized spacial score (nSPS) is 19.7. The highest BCUT2D eigenvalue weighted by molar-refractivity contribution is 7.10. The van der Waals surface area contributed by atoms with Gasteiger partial charge in [-0.15, -0.1) is 11.3 Å². The molecule has 2 heterocycles. The summed E-state index contributed by atoms with van der Waals surface area (Å²) in [6, 6.07) is 1.88. The smallest absolute Gasteiger partial charge is 0.243 e. The van der Waals surface area contributed by atoms with Crippen molar-refractivity contribution >= 4 is 28.8 Å². The fourth-order valence-corrected chi connectivity index (χ4v) is 2.79. The molecule has 0 saturated carbocycles. The zero-order valence-corrected chi connectivity index (χ0v) is 11.6. The Hall–Kier alpha value is -0.620. The van der Waals surface area contributed by atoms with E-state index in [-0.39, 0.29) is 12.2 Å². The molecule has 1 unspecified atom stereocenters. The van der Waals surface area contributed by atoms with Gasteiger partial charge in [0.25, 0.3) is 0 Å². The Morgan fingerprint density at radius 1 is 1.61 bits per heavy atom. The van der Waals surface area contributed by atoms with E-state index < -0.39 is 0 Å². The lowest BCUT2D eigenvalue weighted by Crippen LogP contribution is -2.33. The number of aryl methyl sites for hydroxylation is 1. The topological polar surface area (TPSA) is 47.6 Å². The number of hydrogen-bond acceptors (Lipinski definition) is 4. The van der Waals surface area contributed by atoms with Gasteiger partial charge in [-0.25, -0.2) is 10.3 Å². The highest BCUT2D eigenvalue weighted by atomic mass is 35.5. The van der Waals surface area contributed by atoms with Crippen LogP contribution in [0.15, 0.2) is 11.4 Å². The fraction of sp³-hybridized carbons (Fsp3) is 0.583. The molecule has 0 bridgehead atoms. The minimum atomic E-state index is -0.293. The largest absolute Gasteiger partial charge is 0.350 e. The van der Waals surface area contributed by atoms with Crippen LogP contribution in [-0.2, 0) is 20.8 Å². The maximum absolute atomic E-state index is 11.5. The summed E-state index contributed by atoms with van der Waals surface area (Å²) in [5, 5.41) is 2.59. The second kappa shape index (κ2) is 7.09. The molecule has 0 radical (unpaired) electrons. The number of thiophene rings is 1. The summed E-state index contributed by atoms with van der Waals surface area (Å²) in [5.74, 6) is -0.131. The van der Waals surface area contributed by atoms with Crippen LogP contribution in [0.1, 0.15) is 30.6 Å². The zero-order valence-electron chi connectivity index (χ0n) is 9.99. The Kier molecular flexibility index (Phi) is 5.44. The monoisotopic (exact) mass is 289 g/mol. The van der Waals surface area contributed by atoms with E-state index in [0.717, 1.165) is 29.2 Å². The number of carbonyl (C=O) groups is 1. The first-order valence-corrected chi connectivity index (χ1v) is 7.29. The summed E-state index contributed by atoms with van der Waals surface area (Å²) >= 11 is 7.37. The molecule has 4 nitrogen and oxygen atoms in total. The van der Waals surface area contributed by atoms with E-state index in [4.69, 9.17) is 21.2 Å². The summed E-state index contributed by atoms with van der Waals surface area (Å²) in [6.45, 7) is 0.703. The fourth-order valence-electron chi connectivity index (χ4n) is 1.71. The van der Waals surface area contributed by atoms with Crippen molar-refractivity contribution in [2.75, 3.05) is 6.61 Å². The van der Waals surface area contributed by atoms with E-state index in [0.29, 0.717) is 19.4 Å². The predicted molar refractivity (Wildman–Crippen MR) is 70.5 cm³/mol. The zero-order chi connectivity index (χ0) is 12.8. The minimum absolute atomic E-state index is 0.131. The van der Waals surface area contributed by atoms with Crippen molar-refractivity contribution in [1.29, 1.82) is 0 Å². The van der Waals surface area contributed by atoms with Gasteiger partial charge in [0.05, 0.1) is 5.02 Å². The van der Waals surface area contributed by atoms with Gasteiger partial charge in [-0.1, -0.05) is 11.6 Å². The molecule has 1 amide bonds. The van der Waals surface area contributed by atoms with Crippen molar-refractivity contribution < 1.29 is 14.4 Å². The van der Waals surface area contributed by atoms with Gasteiger partial charge in [0.2, 0.25) is 5.91 Å². The van der Waals surface area contributed by atoms with Crippen molar-refractivity contribution in [2.24, 2.45) is 0 Å². The first-order valence-electron chi connectivity index (χ1n) is 6.03. The lowest BCUT2D eigenvalue weighted by atomic mass is 10.2. The number of rotatable bonds is 5. The molecule has 0 aliphatic carbocycles. The molecule has 6 heteroatoms. The van der Waals surface area contributed by atoms with Gasteiger partial charge in [-0.2, -0.15) is 0 Å². The second-order valence-electron chi connectivity index (χ2n) is 4.17. The molecule has 0 aromatic carbocycles. The summed E-state index contributed by atoms with van der Waals surface area (Å²) in [6.07, 6.45) is 3.75. The third kappa shape index (κ3) is 4.57. The molecular formula is C12H16ClNO3S. The lowest BCUT2D eigenvalue weighted by Gasteiger charge is -2.22. The predicted octanol–water partition coefficient (Wildman–Crippen LogP) is 2.91. The number of halogens is 1. The summed E-state index contributed by atoms with van der Waals surface area (Å²) in [4.78, 5) is 17.8. The Balaban J connectivity index is 1.62. The van der Waals surface area contributed by atoms with E-state index in [2.05, 4.69) is 5.48 Å². The number of hydrogen-bond donors (Lipinski definition) is 1. The Morgan fingerprint density at radius 2 is 2.50 bits per heavy atom. The Bertz CT molecular complexity index is 390. The SMILES string of the molecule is O=C(CCc1cc(Cl)cs1)NOC1CCCCO1.